The number of hydrogen-bond donors (Lipinski definition) is 0. The van der Waals surface area contributed by atoms with Crippen molar-refractivity contribution in [3.05, 3.63) is 59.9 Å². The van der Waals surface area contributed by atoms with Gasteiger partial charge in [0.05, 0.1) is 5.69 Å². The van der Waals surface area contributed by atoms with Gasteiger partial charge in [-0.25, -0.2) is 4.39 Å². The second-order valence-corrected chi connectivity index (χ2v) is 5.77. The maximum absolute atomic E-state index is 12.9. The zero-order chi connectivity index (χ0) is 17.9. The molecule has 0 aliphatic heterocycles. The van der Waals surface area contributed by atoms with Gasteiger partial charge in [0.25, 0.3) is 0 Å². The number of halogens is 4. The molecular weight excluding hydrogens is 360 g/mol. The Hall–Kier alpha value is -2.62. The van der Waals surface area contributed by atoms with Crippen molar-refractivity contribution in [1.29, 1.82) is 0 Å². The van der Waals surface area contributed by atoms with Crippen LogP contribution in [-0.2, 0) is 5.75 Å². The molecule has 0 saturated carbocycles. The Morgan fingerprint density at radius 3 is 2.32 bits per heavy atom. The van der Waals surface area contributed by atoms with E-state index in [4.69, 9.17) is 0 Å². The van der Waals surface area contributed by atoms with Crippen molar-refractivity contribution in [3.8, 4) is 11.4 Å². The van der Waals surface area contributed by atoms with Crippen LogP contribution in [0.4, 0.5) is 17.6 Å². The van der Waals surface area contributed by atoms with Crippen LogP contribution >= 0.6 is 11.8 Å². The lowest BCUT2D eigenvalue weighted by Gasteiger charge is -2.09. The van der Waals surface area contributed by atoms with Gasteiger partial charge >= 0.3 is 6.36 Å². The zero-order valence-corrected chi connectivity index (χ0v) is 13.3. The minimum atomic E-state index is -4.74. The molecule has 10 heteroatoms. The summed E-state index contributed by atoms with van der Waals surface area (Å²) in [6.07, 6.45) is -4.74. The van der Waals surface area contributed by atoms with E-state index in [1.807, 2.05) is 0 Å². The molecule has 0 bridgehead atoms. The molecule has 0 saturated heterocycles. The summed E-state index contributed by atoms with van der Waals surface area (Å²) in [5.74, 6) is -0.139. The maximum Gasteiger partial charge on any atom is 0.573 e. The monoisotopic (exact) mass is 370 g/mol. The summed E-state index contributed by atoms with van der Waals surface area (Å²) in [6.45, 7) is 0. The van der Waals surface area contributed by atoms with Crippen molar-refractivity contribution >= 4 is 11.8 Å². The molecule has 0 aliphatic carbocycles. The molecule has 3 aromatic rings. The third kappa shape index (κ3) is 4.69. The van der Waals surface area contributed by atoms with Gasteiger partial charge in [0.15, 0.2) is 0 Å². The minimum absolute atomic E-state index is 0.320. The van der Waals surface area contributed by atoms with Crippen molar-refractivity contribution < 1.29 is 22.3 Å². The molecule has 0 aliphatic rings. The summed E-state index contributed by atoms with van der Waals surface area (Å²) in [6, 6.07) is 11.2. The van der Waals surface area contributed by atoms with Gasteiger partial charge in [-0.15, -0.1) is 18.3 Å². The number of rotatable bonds is 5. The Bertz CT molecular complexity index is 834. The fourth-order valence-electron chi connectivity index (χ4n) is 1.95. The van der Waals surface area contributed by atoms with Gasteiger partial charge in [-0.3, -0.25) is 0 Å². The largest absolute Gasteiger partial charge is 0.573 e. The second-order valence-electron chi connectivity index (χ2n) is 4.83. The Kier molecular flexibility index (Phi) is 4.88. The van der Waals surface area contributed by atoms with Crippen LogP contribution in [0.5, 0.6) is 5.75 Å². The SMILES string of the molecule is Fc1ccc(CSc2nnnn2-c2ccc(OC(F)(F)F)cc2)cc1. The average molecular weight is 370 g/mol. The molecule has 0 radical (unpaired) electrons. The van der Waals surface area contributed by atoms with Gasteiger partial charge in [0.1, 0.15) is 11.6 Å². The molecule has 0 fully saturated rings. The number of hydrogen-bond acceptors (Lipinski definition) is 5. The normalized spacial score (nSPS) is 11.5. The molecule has 0 unspecified atom stereocenters. The zero-order valence-electron chi connectivity index (χ0n) is 12.4. The third-order valence-electron chi connectivity index (χ3n) is 3.04. The molecule has 3 rings (SSSR count). The summed E-state index contributed by atoms with van der Waals surface area (Å²) in [5.41, 5.74) is 1.37. The van der Waals surface area contributed by atoms with E-state index in [9.17, 15) is 17.6 Å². The first-order valence-corrected chi connectivity index (χ1v) is 7.91. The van der Waals surface area contributed by atoms with E-state index in [0.29, 0.717) is 16.6 Å². The summed E-state index contributed by atoms with van der Waals surface area (Å²) in [7, 11) is 0. The van der Waals surface area contributed by atoms with Crippen LogP contribution in [0.2, 0.25) is 0 Å². The van der Waals surface area contributed by atoms with Crippen molar-refractivity contribution in [3.63, 3.8) is 0 Å². The Morgan fingerprint density at radius 1 is 1.00 bits per heavy atom. The number of aromatic nitrogens is 4. The Morgan fingerprint density at radius 2 is 1.68 bits per heavy atom. The van der Waals surface area contributed by atoms with E-state index in [1.165, 1.54) is 52.8 Å². The fraction of sp³-hybridized carbons (Fsp3) is 0.133. The first-order chi connectivity index (χ1) is 11.9. The van der Waals surface area contributed by atoms with Crippen molar-refractivity contribution in [2.45, 2.75) is 17.3 Å². The predicted octanol–water partition coefficient (Wildman–Crippen LogP) is 3.99. The van der Waals surface area contributed by atoms with Crippen LogP contribution in [-0.4, -0.2) is 26.6 Å². The van der Waals surface area contributed by atoms with E-state index in [2.05, 4.69) is 20.3 Å². The number of nitrogens with zero attached hydrogens (tertiary/aromatic N) is 4. The lowest BCUT2D eigenvalue weighted by atomic mass is 10.2. The first-order valence-electron chi connectivity index (χ1n) is 6.92. The average Bonchev–Trinajstić information content (AvgIpc) is 3.02. The molecule has 0 amide bonds. The molecule has 0 N–H and O–H groups in total. The van der Waals surface area contributed by atoms with Crippen LogP contribution in [0.25, 0.3) is 5.69 Å². The third-order valence-corrected chi connectivity index (χ3v) is 4.03. The lowest BCUT2D eigenvalue weighted by Crippen LogP contribution is -2.17. The highest BCUT2D eigenvalue weighted by atomic mass is 32.2. The summed E-state index contributed by atoms with van der Waals surface area (Å²) in [4.78, 5) is 0. The molecule has 1 aromatic heterocycles. The van der Waals surface area contributed by atoms with Crippen LogP contribution in [0.3, 0.4) is 0 Å². The van der Waals surface area contributed by atoms with Gasteiger partial charge in [-0.05, 0) is 52.4 Å². The smallest absolute Gasteiger partial charge is 0.406 e. The predicted molar refractivity (Wildman–Crippen MR) is 81.8 cm³/mol. The van der Waals surface area contributed by atoms with E-state index < -0.39 is 6.36 Å². The summed E-state index contributed by atoms with van der Waals surface area (Å²) < 4.78 is 54.7. The van der Waals surface area contributed by atoms with Crippen molar-refractivity contribution in [2.75, 3.05) is 0 Å². The minimum Gasteiger partial charge on any atom is -0.406 e. The van der Waals surface area contributed by atoms with Crippen LogP contribution in [0.1, 0.15) is 5.56 Å². The van der Waals surface area contributed by atoms with E-state index in [0.717, 1.165) is 5.56 Å². The number of thioether (sulfide) groups is 1. The lowest BCUT2D eigenvalue weighted by molar-refractivity contribution is -0.274. The fourth-order valence-corrected chi connectivity index (χ4v) is 2.80. The van der Waals surface area contributed by atoms with Gasteiger partial charge < -0.3 is 4.74 Å². The van der Waals surface area contributed by atoms with E-state index in [1.54, 1.807) is 12.1 Å². The van der Waals surface area contributed by atoms with Gasteiger partial charge in [0, 0.05) is 5.75 Å². The number of alkyl halides is 3. The molecule has 130 valence electrons. The second kappa shape index (κ2) is 7.09. The standard InChI is InChI=1S/C15H10F4N4OS/c16-11-3-1-10(2-4-11)9-25-14-20-21-22-23(14)12-5-7-13(8-6-12)24-15(17,18)19/h1-8H,9H2. The van der Waals surface area contributed by atoms with Crippen LogP contribution in [0.15, 0.2) is 53.7 Å². The molecule has 1 heterocycles. The first kappa shape index (κ1) is 17.2. The molecule has 5 nitrogen and oxygen atoms in total. The molecule has 0 atom stereocenters. The highest BCUT2D eigenvalue weighted by Gasteiger charge is 2.31. The number of tetrazole rings is 1. The van der Waals surface area contributed by atoms with E-state index in [-0.39, 0.29) is 11.6 Å². The van der Waals surface area contributed by atoms with Gasteiger partial charge in [0.2, 0.25) is 5.16 Å². The van der Waals surface area contributed by atoms with Gasteiger partial charge in [-0.1, -0.05) is 23.9 Å². The van der Waals surface area contributed by atoms with Crippen LogP contribution < -0.4 is 4.74 Å². The number of benzene rings is 2. The molecule has 25 heavy (non-hydrogen) atoms. The molecule has 0 spiro atoms. The summed E-state index contributed by atoms with van der Waals surface area (Å²) in [5, 5.41) is 11.7. The number of ether oxygens (including phenoxy) is 1. The highest BCUT2D eigenvalue weighted by molar-refractivity contribution is 7.98. The highest BCUT2D eigenvalue weighted by Crippen LogP contribution is 2.26. The summed E-state index contributed by atoms with van der Waals surface area (Å²) >= 11 is 1.31. The van der Waals surface area contributed by atoms with Crippen molar-refractivity contribution in [2.24, 2.45) is 0 Å². The Balaban J connectivity index is 1.71. The quantitative estimate of drug-likeness (QED) is 0.502. The Labute approximate surface area is 143 Å². The van der Waals surface area contributed by atoms with Gasteiger partial charge in [-0.2, -0.15) is 4.68 Å². The van der Waals surface area contributed by atoms with Crippen molar-refractivity contribution in [1.82, 2.24) is 20.2 Å². The molecule has 2 aromatic carbocycles. The van der Waals surface area contributed by atoms with E-state index >= 15 is 0 Å². The molecular formula is C15H10F4N4OS. The topological polar surface area (TPSA) is 52.8 Å². The van der Waals surface area contributed by atoms with Crippen LogP contribution in [0, 0.1) is 5.82 Å². The maximum atomic E-state index is 12.9.